The summed E-state index contributed by atoms with van der Waals surface area (Å²) >= 11 is 0. The second kappa shape index (κ2) is 4.55. The SMILES string of the molecule is O=C(NCCn1ccnn1)c1n[nH]c(C2CC2)n1. The maximum atomic E-state index is 11.7. The third-order valence-electron chi connectivity index (χ3n) is 2.77. The standard InChI is InChI=1S/C10H13N7O/c18-10(11-3-5-17-6-4-12-16-17)9-13-8(14-15-9)7-1-2-7/h4,6-7H,1-3,5H2,(H,11,18)(H,13,14,15). The Labute approximate surface area is 103 Å². The zero-order valence-electron chi connectivity index (χ0n) is 9.70. The van der Waals surface area contributed by atoms with Crippen LogP contribution in [0, 0.1) is 0 Å². The molecule has 1 aliphatic carbocycles. The van der Waals surface area contributed by atoms with Crippen LogP contribution in [0.2, 0.25) is 0 Å². The second-order valence-corrected chi connectivity index (χ2v) is 4.24. The highest BCUT2D eigenvalue weighted by atomic mass is 16.2. The van der Waals surface area contributed by atoms with E-state index in [1.54, 1.807) is 17.1 Å². The molecular formula is C10H13N7O. The van der Waals surface area contributed by atoms with Crippen LogP contribution in [-0.2, 0) is 6.54 Å². The highest BCUT2D eigenvalue weighted by molar-refractivity contribution is 5.90. The molecule has 0 aromatic carbocycles. The first-order valence-corrected chi connectivity index (χ1v) is 5.87. The molecule has 0 bridgehead atoms. The maximum Gasteiger partial charge on any atom is 0.291 e. The van der Waals surface area contributed by atoms with Gasteiger partial charge in [-0.05, 0) is 12.8 Å². The van der Waals surface area contributed by atoms with Crippen molar-refractivity contribution in [3.63, 3.8) is 0 Å². The van der Waals surface area contributed by atoms with Crippen LogP contribution < -0.4 is 5.32 Å². The van der Waals surface area contributed by atoms with Crippen molar-refractivity contribution >= 4 is 5.91 Å². The molecule has 0 spiro atoms. The Balaban J connectivity index is 1.50. The van der Waals surface area contributed by atoms with Gasteiger partial charge in [0.05, 0.1) is 12.7 Å². The van der Waals surface area contributed by atoms with E-state index in [1.165, 1.54) is 0 Å². The van der Waals surface area contributed by atoms with Gasteiger partial charge in [0.15, 0.2) is 0 Å². The van der Waals surface area contributed by atoms with Gasteiger partial charge in [0, 0.05) is 18.7 Å². The van der Waals surface area contributed by atoms with Gasteiger partial charge < -0.3 is 5.32 Å². The van der Waals surface area contributed by atoms with Gasteiger partial charge in [0.2, 0.25) is 5.82 Å². The minimum Gasteiger partial charge on any atom is -0.347 e. The van der Waals surface area contributed by atoms with Crippen molar-refractivity contribution in [2.24, 2.45) is 0 Å². The second-order valence-electron chi connectivity index (χ2n) is 4.24. The van der Waals surface area contributed by atoms with Gasteiger partial charge in [-0.2, -0.15) is 0 Å². The highest BCUT2D eigenvalue weighted by Crippen LogP contribution is 2.37. The van der Waals surface area contributed by atoms with Crippen LogP contribution in [0.15, 0.2) is 12.4 Å². The molecule has 3 rings (SSSR count). The molecule has 1 fully saturated rings. The normalized spacial score (nSPS) is 14.7. The summed E-state index contributed by atoms with van der Waals surface area (Å²) < 4.78 is 1.65. The molecule has 8 nitrogen and oxygen atoms in total. The van der Waals surface area contributed by atoms with E-state index < -0.39 is 0 Å². The van der Waals surface area contributed by atoms with Gasteiger partial charge in [-0.25, -0.2) is 4.98 Å². The topological polar surface area (TPSA) is 101 Å². The van der Waals surface area contributed by atoms with E-state index in [4.69, 9.17) is 0 Å². The molecule has 1 saturated carbocycles. The Morgan fingerprint density at radius 1 is 1.56 bits per heavy atom. The first kappa shape index (κ1) is 10.9. The smallest absolute Gasteiger partial charge is 0.291 e. The summed E-state index contributed by atoms with van der Waals surface area (Å²) in [6.45, 7) is 1.04. The third kappa shape index (κ3) is 2.36. The summed E-state index contributed by atoms with van der Waals surface area (Å²) in [5, 5.41) is 16.9. The molecule has 1 amide bonds. The molecule has 0 radical (unpaired) electrons. The number of hydrogen-bond donors (Lipinski definition) is 2. The Morgan fingerprint density at radius 2 is 2.44 bits per heavy atom. The average molecular weight is 247 g/mol. The largest absolute Gasteiger partial charge is 0.347 e. The fourth-order valence-electron chi connectivity index (χ4n) is 1.63. The zero-order chi connectivity index (χ0) is 12.4. The predicted molar refractivity (Wildman–Crippen MR) is 60.7 cm³/mol. The molecule has 0 saturated heterocycles. The maximum absolute atomic E-state index is 11.7. The van der Waals surface area contributed by atoms with E-state index in [2.05, 4.69) is 30.8 Å². The molecule has 2 N–H and O–H groups in total. The fraction of sp³-hybridized carbons (Fsp3) is 0.500. The molecule has 18 heavy (non-hydrogen) atoms. The van der Waals surface area contributed by atoms with Crippen molar-refractivity contribution in [2.45, 2.75) is 25.3 Å². The van der Waals surface area contributed by atoms with Crippen molar-refractivity contribution in [3.05, 3.63) is 24.0 Å². The predicted octanol–water partition coefficient (Wildman–Crippen LogP) is -0.296. The van der Waals surface area contributed by atoms with E-state index in [0.717, 1.165) is 18.7 Å². The highest BCUT2D eigenvalue weighted by Gasteiger charge is 2.28. The van der Waals surface area contributed by atoms with Crippen molar-refractivity contribution in [1.82, 2.24) is 35.5 Å². The number of carbonyl (C=O) groups is 1. The monoisotopic (exact) mass is 247 g/mol. The van der Waals surface area contributed by atoms with E-state index in [-0.39, 0.29) is 11.7 Å². The van der Waals surface area contributed by atoms with Crippen molar-refractivity contribution in [2.75, 3.05) is 6.54 Å². The molecule has 1 aliphatic rings. The van der Waals surface area contributed by atoms with Crippen LogP contribution in [-0.4, -0.2) is 42.6 Å². The van der Waals surface area contributed by atoms with E-state index in [0.29, 0.717) is 19.0 Å². The third-order valence-corrected chi connectivity index (χ3v) is 2.77. The molecule has 0 atom stereocenters. The summed E-state index contributed by atoms with van der Waals surface area (Å²) in [4.78, 5) is 15.9. The van der Waals surface area contributed by atoms with Gasteiger partial charge in [-0.1, -0.05) is 5.21 Å². The van der Waals surface area contributed by atoms with Crippen molar-refractivity contribution in [1.29, 1.82) is 0 Å². The first-order chi connectivity index (χ1) is 8.83. The Morgan fingerprint density at radius 3 is 3.17 bits per heavy atom. The van der Waals surface area contributed by atoms with Gasteiger partial charge in [-0.15, -0.1) is 10.2 Å². The molecule has 2 aromatic rings. The molecule has 0 unspecified atom stereocenters. The lowest BCUT2D eigenvalue weighted by molar-refractivity contribution is 0.0942. The van der Waals surface area contributed by atoms with E-state index >= 15 is 0 Å². The van der Waals surface area contributed by atoms with Crippen LogP contribution in [0.1, 0.15) is 35.2 Å². The van der Waals surface area contributed by atoms with Gasteiger partial charge >= 0.3 is 0 Å². The Bertz CT molecular complexity index is 528. The molecule has 94 valence electrons. The van der Waals surface area contributed by atoms with Crippen LogP contribution in [0.25, 0.3) is 0 Å². The summed E-state index contributed by atoms with van der Waals surface area (Å²) in [6, 6.07) is 0. The molecular weight excluding hydrogens is 234 g/mol. The number of hydrogen-bond acceptors (Lipinski definition) is 5. The van der Waals surface area contributed by atoms with Crippen molar-refractivity contribution < 1.29 is 4.79 Å². The van der Waals surface area contributed by atoms with E-state index in [9.17, 15) is 4.79 Å². The van der Waals surface area contributed by atoms with Crippen LogP contribution >= 0.6 is 0 Å². The number of H-pyrrole nitrogens is 1. The van der Waals surface area contributed by atoms with Crippen LogP contribution in [0.4, 0.5) is 0 Å². The molecule has 2 heterocycles. The van der Waals surface area contributed by atoms with E-state index in [1.807, 2.05) is 0 Å². The van der Waals surface area contributed by atoms with Crippen LogP contribution in [0.5, 0.6) is 0 Å². The molecule has 0 aliphatic heterocycles. The van der Waals surface area contributed by atoms with Crippen LogP contribution in [0.3, 0.4) is 0 Å². The van der Waals surface area contributed by atoms with Crippen molar-refractivity contribution in [3.8, 4) is 0 Å². The minimum atomic E-state index is -0.265. The summed E-state index contributed by atoms with van der Waals surface area (Å²) in [7, 11) is 0. The average Bonchev–Trinajstić information content (AvgIpc) is 2.92. The van der Waals surface area contributed by atoms with Gasteiger partial charge in [-0.3, -0.25) is 14.6 Å². The lowest BCUT2D eigenvalue weighted by Gasteiger charge is -2.01. The summed E-state index contributed by atoms with van der Waals surface area (Å²) in [5.41, 5.74) is 0. The Kier molecular flexibility index (Phi) is 2.75. The Hall–Kier alpha value is -2.25. The molecule has 8 heteroatoms. The lowest BCUT2D eigenvalue weighted by Crippen LogP contribution is -2.28. The quantitative estimate of drug-likeness (QED) is 0.755. The number of aromatic nitrogens is 6. The minimum absolute atomic E-state index is 0.204. The first-order valence-electron chi connectivity index (χ1n) is 5.87. The van der Waals surface area contributed by atoms with Gasteiger partial charge in [0.1, 0.15) is 5.82 Å². The number of aromatic amines is 1. The summed E-state index contributed by atoms with van der Waals surface area (Å²) in [6.07, 6.45) is 5.59. The number of nitrogens with zero attached hydrogens (tertiary/aromatic N) is 5. The zero-order valence-corrected chi connectivity index (χ0v) is 9.70. The summed E-state index contributed by atoms with van der Waals surface area (Å²) in [5.74, 6) is 1.22. The van der Waals surface area contributed by atoms with Gasteiger partial charge in [0.25, 0.3) is 5.91 Å². The lowest BCUT2D eigenvalue weighted by atomic mass is 10.4. The number of nitrogens with one attached hydrogen (secondary N) is 2. The fourth-order valence-corrected chi connectivity index (χ4v) is 1.63. The number of amides is 1. The molecule has 2 aromatic heterocycles. The number of rotatable bonds is 5. The number of carbonyl (C=O) groups excluding carboxylic acids is 1.